The molecule has 0 atom stereocenters. The van der Waals surface area contributed by atoms with Crippen LogP contribution in [0.15, 0.2) is 96.1 Å². The van der Waals surface area contributed by atoms with E-state index in [-0.39, 0.29) is 5.91 Å². The Labute approximate surface area is 172 Å². The smallest absolute Gasteiger partial charge is 0.241 e. The van der Waals surface area contributed by atoms with Gasteiger partial charge in [0.15, 0.2) is 0 Å². The van der Waals surface area contributed by atoms with E-state index in [1.54, 1.807) is 0 Å². The summed E-state index contributed by atoms with van der Waals surface area (Å²) in [6.45, 7) is 4.20. The van der Waals surface area contributed by atoms with Gasteiger partial charge in [-0.1, -0.05) is 91.0 Å². The summed E-state index contributed by atoms with van der Waals surface area (Å²) in [5.41, 5.74) is 6.23. The second-order valence-electron chi connectivity index (χ2n) is 7.12. The van der Waals surface area contributed by atoms with E-state index in [0.29, 0.717) is 13.0 Å². The van der Waals surface area contributed by atoms with Crippen LogP contribution < -0.4 is 10.7 Å². The summed E-state index contributed by atoms with van der Waals surface area (Å²) in [6.07, 6.45) is 0.324. The molecule has 0 fully saturated rings. The summed E-state index contributed by atoms with van der Waals surface area (Å²) in [5.74, 6) is -0.109. The Morgan fingerprint density at radius 3 is 1.55 bits per heavy atom. The monoisotopic (exact) mass is 385 g/mol. The van der Waals surface area contributed by atoms with Gasteiger partial charge in [-0.15, -0.1) is 0 Å². The van der Waals surface area contributed by atoms with Crippen molar-refractivity contribution in [3.05, 3.63) is 108 Å². The number of nitrogens with zero attached hydrogens (tertiary/aromatic N) is 1. The van der Waals surface area contributed by atoms with Gasteiger partial charge in [0.25, 0.3) is 0 Å². The number of hydrogen-bond acceptors (Lipinski definition) is 3. The van der Waals surface area contributed by atoms with E-state index in [9.17, 15) is 4.79 Å². The second-order valence-corrected chi connectivity index (χ2v) is 7.12. The van der Waals surface area contributed by atoms with Crippen LogP contribution >= 0.6 is 0 Å². The first-order valence-corrected chi connectivity index (χ1v) is 9.84. The first-order valence-electron chi connectivity index (χ1n) is 9.84. The molecule has 0 aliphatic carbocycles. The molecule has 148 valence electrons. The Kier molecular flexibility index (Phi) is 6.93. The molecule has 0 spiro atoms. The molecule has 4 nitrogen and oxygen atoms in total. The quantitative estimate of drug-likeness (QED) is 0.341. The van der Waals surface area contributed by atoms with E-state index >= 15 is 0 Å². The molecule has 3 rings (SSSR count). The van der Waals surface area contributed by atoms with E-state index in [4.69, 9.17) is 0 Å². The molecule has 29 heavy (non-hydrogen) atoms. The number of carbonyl (C=O) groups excluding carboxylic acids is 1. The summed E-state index contributed by atoms with van der Waals surface area (Å²) < 4.78 is 0. The van der Waals surface area contributed by atoms with Gasteiger partial charge in [-0.05, 0) is 30.5 Å². The van der Waals surface area contributed by atoms with Gasteiger partial charge in [0.2, 0.25) is 5.91 Å². The van der Waals surface area contributed by atoms with Gasteiger partial charge >= 0.3 is 0 Å². The van der Waals surface area contributed by atoms with Crippen molar-refractivity contribution >= 4 is 11.6 Å². The Hall–Kier alpha value is -3.24. The molecule has 0 aliphatic heterocycles. The summed E-state index contributed by atoms with van der Waals surface area (Å²) in [4.78, 5) is 12.2. The first-order chi connectivity index (χ1) is 14.1. The zero-order valence-electron chi connectivity index (χ0n) is 16.9. The SMILES string of the molecule is CC(C)=NNC(=O)CCNC(c1ccccc1)(c1ccccc1)c1ccccc1. The van der Waals surface area contributed by atoms with Crippen molar-refractivity contribution in [2.24, 2.45) is 5.10 Å². The van der Waals surface area contributed by atoms with Crippen LogP contribution in [0, 0.1) is 0 Å². The van der Waals surface area contributed by atoms with Crippen molar-refractivity contribution < 1.29 is 4.79 Å². The largest absolute Gasteiger partial charge is 0.299 e. The van der Waals surface area contributed by atoms with E-state index in [1.165, 1.54) is 0 Å². The van der Waals surface area contributed by atoms with E-state index in [0.717, 1.165) is 22.4 Å². The molecule has 0 bridgehead atoms. The lowest BCUT2D eigenvalue weighted by Crippen LogP contribution is -2.45. The molecular weight excluding hydrogens is 358 g/mol. The molecule has 4 heteroatoms. The minimum Gasteiger partial charge on any atom is -0.299 e. The number of amides is 1. The highest BCUT2D eigenvalue weighted by Crippen LogP contribution is 2.36. The van der Waals surface area contributed by atoms with Gasteiger partial charge < -0.3 is 0 Å². The van der Waals surface area contributed by atoms with Crippen molar-refractivity contribution in [3.63, 3.8) is 0 Å². The number of carbonyl (C=O) groups is 1. The maximum absolute atomic E-state index is 12.2. The molecular formula is C25H27N3O. The summed E-state index contributed by atoms with van der Waals surface area (Å²) >= 11 is 0. The first kappa shape index (κ1) is 20.5. The number of hydrogen-bond donors (Lipinski definition) is 2. The number of benzene rings is 3. The van der Waals surface area contributed by atoms with Crippen molar-refractivity contribution in [1.29, 1.82) is 0 Å². The maximum Gasteiger partial charge on any atom is 0.241 e. The minimum absolute atomic E-state index is 0.109. The highest BCUT2D eigenvalue weighted by atomic mass is 16.2. The summed E-state index contributed by atoms with van der Waals surface area (Å²) in [5, 5.41) is 7.69. The normalized spacial score (nSPS) is 11.0. The van der Waals surface area contributed by atoms with Crippen LogP contribution in [0.25, 0.3) is 0 Å². The predicted octanol–water partition coefficient (Wildman–Crippen LogP) is 4.47. The fourth-order valence-corrected chi connectivity index (χ4v) is 3.46. The Morgan fingerprint density at radius 1 is 0.759 bits per heavy atom. The number of rotatable bonds is 8. The van der Waals surface area contributed by atoms with Gasteiger partial charge in [0, 0.05) is 18.7 Å². The molecule has 0 aromatic heterocycles. The minimum atomic E-state index is -0.562. The Morgan fingerprint density at radius 2 is 1.17 bits per heavy atom. The Bertz CT molecular complexity index is 837. The highest BCUT2D eigenvalue weighted by Gasteiger charge is 2.35. The second kappa shape index (κ2) is 9.80. The van der Waals surface area contributed by atoms with Crippen molar-refractivity contribution in [2.75, 3.05) is 6.54 Å². The van der Waals surface area contributed by atoms with Gasteiger partial charge in [-0.3, -0.25) is 10.1 Å². The van der Waals surface area contributed by atoms with E-state index < -0.39 is 5.54 Å². The van der Waals surface area contributed by atoms with Gasteiger partial charge in [0.05, 0.1) is 5.54 Å². The van der Waals surface area contributed by atoms with Gasteiger partial charge in [0.1, 0.15) is 0 Å². The van der Waals surface area contributed by atoms with Crippen molar-refractivity contribution in [1.82, 2.24) is 10.7 Å². The standard InChI is InChI=1S/C25H27N3O/c1-20(2)27-28-24(29)18-19-26-25(21-12-6-3-7-13-21,22-14-8-4-9-15-22)23-16-10-5-11-17-23/h3-17,26H,18-19H2,1-2H3,(H,28,29). The van der Waals surface area contributed by atoms with Crippen LogP contribution in [0.3, 0.4) is 0 Å². The maximum atomic E-state index is 12.2. The highest BCUT2D eigenvalue weighted by molar-refractivity contribution is 5.82. The molecule has 3 aromatic carbocycles. The molecule has 1 amide bonds. The number of hydrazone groups is 1. The van der Waals surface area contributed by atoms with Crippen LogP contribution in [0.4, 0.5) is 0 Å². The fourth-order valence-electron chi connectivity index (χ4n) is 3.46. The summed E-state index contributed by atoms with van der Waals surface area (Å²) in [6, 6.07) is 31.1. The van der Waals surface area contributed by atoms with Crippen LogP contribution in [0.2, 0.25) is 0 Å². The van der Waals surface area contributed by atoms with Gasteiger partial charge in [-0.2, -0.15) is 5.10 Å². The molecule has 0 radical (unpaired) electrons. The average Bonchev–Trinajstić information content (AvgIpc) is 2.77. The third kappa shape index (κ3) is 4.98. The van der Waals surface area contributed by atoms with E-state index in [2.05, 4.69) is 52.2 Å². The average molecular weight is 386 g/mol. The lowest BCUT2D eigenvalue weighted by molar-refractivity contribution is -0.121. The lowest BCUT2D eigenvalue weighted by Gasteiger charge is -2.37. The van der Waals surface area contributed by atoms with Crippen LogP contribution in [0.1, 0.15) is 37.0 Å². The third-order valence-electron chi connectivity index (χ3n) is 4.77. The Balaban J connectivity index is 1.99. The predicted molar refractivity (Wildman–Crippen MR) is 119 cm³/mol. The zero-order chi connectivity index (χ0) is 20.5. The molecule has 3 aromatic rings. The van der Waals surface area contributed by atoms with Crippen molar-refractivity contribution in [3.8, 4) is 0 Å². The molecule has 0 saturated heterocycles. The van der Waals surface area contributed by atoms with Crippen molar-refractivity contribution in [2.45, 2.75) is 25.8 Å². The molecule has 0 aliphatic rings. The molecule has 0 heterocycles. The zero-order valence-corrected chi connectivity index (χ0v) is 16.9. The number of nitrogens with one attached hydrogen (secondary N) is 2. The summed E-state index contributed by atoms with van der Waals surface area (Å²) in [7, 11) is 0. The fraction of sp³-hybridized carbons (Fsp3) is 0.200. The molecule has 0 saturated carbocycles. The lowest BCUT2D eigenvalue weighted by atomic mass is 9.77. The third-order valence-corrected chi connectivity index (χ3v) is 4.77. The molecule has 0 unspecified atom stereocenters. The van der Waals surface area contributed by atoms with Gasteiger partial charge in [-0.25, -0.2) is 5.43 Å². The van der Waals surface area contributed by atoms with Crippen LogP contribution in [-0.2, 0) is 10.3 Å². The molecule has 2 N–H and O–H groups in total. The van der Waals surface area contributed by atoms with E-state index in [1.807, 2.05) is 68.4 Å². The van der Waals surface area contributed by atoms with Crippen LogP contribution in [-0.4, -0.2) is 18.2 Å². The topological polar surface area (TPSA) is 53.5 Å². The van der Waals surface area contributed by atoms with Crippen LogP contribution in [0.5, 0.6) is 0 Å².